The number of halogens is 3. The lowest BCUT2D eigenvalue weighted by molar-refractivity contribution is 0.0257. The van der Waals surface area contributed by atoms with Crippen LogP contribution in [0.25, 0.3) is 0 Å². The molecule has 1 aromatic carbocycles. The summed E-state index contributed by atoms with van der Waals surface area (Å²) in [4.78, 5) is 0. The van der Waals surface area contributed by atoms with Gasteiger partial charge in [0, 0.05) is 23.6 Å². The second-order valence-corrected chi connectivity index (χ2v) is 5.88. The Morgan fingerprint density at radius 2 is 2.00 bits per heavy atom. The summed E-state index contributed by atoms with van der Waals surface area (Å²) < 4.78 is 19.5. The van der Waals surface area contributed by atoms with Crippen molar-refractivity contribution in [2.24, 2.45) is 5.41 Å². The van der Waals surface area contributed by atoms with Gasteiger partial charge in [-0.3, -0.25) is 0 Å². The zero-order chi connectivity index (χ0) is 12.3. The monoisotopic (exact) mass is 320 g/mol. The van der Waals surface area contributed by atoms with Gasteiger partial charge >= 0.3 is 0 Å². The third-order valence-electron chi connectivity index (χ3n) is 3.34. The van der Waals surface area contributed by atoms with Gasteiger partial charge in [0.2, 0.25) is 0 Å². The van der Waals surface area contributed by atoms with Gasteiger partial charge in [0.05, 0.1) is 0 Å². The van der Waals surface area contributed by atoms with E-state index < -0.39 is 0 Å². The minimum Gasteiger partial charge on any atom is -0.381 e. The molecular weight excluding hydrogens is 306 g/mol. The Morgan fingerprint density at radius 3 is 2.59 bits per heavy atom. The van der Waals surface area contributed by atoms with Crippen LogP contribution in [0.2, 0.25) is 0 Å². The van der Waals surface area contributed by atoms with Crippen LogP contribution in [0, 0.1) is 11.2 Å². The molecule has 0 spiro atoms. The zero-order valence-electron chi connectivity index (χ0n) is 9.52. The van der Waals surface area contributed by atoms with Crippen LogP contribution in [0.1, 0.15) is 18.4 Å². The number of hydrogen-bond donors (Lipinski definition) is 0. The summed E-state index contributed by atoms with van der Waals surface area (Å²) in [5, 5.41) is 0. The highest BCUT2D eigenvalue weighted by Crippen LogP contribution is 2.36. The summed E-state index contributed by atoms with van der Waals surface area (Å²) in [6.45, 7) is 1.51. The van der Waals surface area contributed by atoms with Crippen LogP contribution in [0.15, 0.2) is 22.7 Å². The van der Waals surface area contributed by atoms with Crippen molar-refractivity contribution < 1.29 is 9.13 Å². The van der Waals surface area contributed by atoms with Crippen molar-refractivity contribution in [2.45, 2.75) is 19.3 Å². The van der Waals surface area contributed by atoms with Crippen molar-refractivity contribution in [1.29, 1.82) is 0 Å². The second-order valence-electron chi connectivity index (χ2n) is 4.70. The highest BCUT2D eigenvalue weighted by molar-refractivity contribution is 9.10. The summed E-state index contributed by atoms with van der Waals surface area (Å²) in [6, 6.07) is 5.03. The fourth-order valence-electron chi connectivity index (χ4n) is 2.31. The first-order valence-electron chi connectivity index (χ1n) is 5.72. The van der Waals surface area contributed by atoms with Gasteiger partial charge in [-0.2, -0.15) is 0 Å². The summed E-state index contributed by atoms with van der Waals surface area (Å²) in [5.41, 5.74) is 1.06. The first kappa shape index (κ1) is 13.3. The standard InChI is InChI=1S/C13H15BrClFO/c14-11-5-10(6-12(16)7-11)8-13(9-15)1-3-17-4-2-13/h5-7H,1-4,8-9H2. The summed E-state index contributed by atoms with van der Waals surface area (Å²) in [7, 11) is 0. The average Bonchev–Trinajstić information content (AvgIpc) is 2.29. The molecule has 1 aliphatic heterocycles. The second kappa shape index (κ2) is 5.68. The number of alkyl halides is 1. The summed E-state index contributed by atoms with van der Waals surface area (Å²) >= 11 is 9.43. The van der Waals surface area contributed by atoms with E-state index in [1.165, 1.54) is 6.07 Å². The Bertz CT molecular complexity index is 371. The normalized spacial score (nSPS) is 19.2. The number of rotatable bonds is 3. The lowest BCUT2D eigenvalue weighted by Gasteiger charge is -2.35. The summed E-state index contributed by atoms with van der Waals surface area (Å²) in [5.74, 6) is 0.399. The molecule has 2 rings (SSSR count). The van der Waals surface area contributed by atoms with Gasteiger partial charge in [-0.05, 0) is 48.4 Å². The summed E-state index contributed by atoms with van der Waals surface area (Å²) in [6.07, 6.45) is 2.71. The Labute approximate surface area is 114 Å². The van der Waals surface area contributed by atoms with Crippen LogP contribution in [0.3, 0.4) is 0 Å². The molecule has 0 aromatic heterocycles. The van der Waals surface area contributed by atoms with Crippen molar-refractivity contribution in [3.05, 3.63) is 34.1 Å². The third-order valence-corrected chi connectivity index (χ3v) is 4.36. The molecule has 0 bridgehead atoms. The van der Waals surface area contributed by atoms with Crippen LogP contribution < -0.4 is 0 Å². The molecular formula is C13H15BrClFO. The third kappa shape index (κ3) is 3.43. The van der Waals surface area contributed by atoms with Crippen LogP contribution >= 0.6 is 27.5 Å². The highest BCUT2D eigenvalue weighted by atomic mass is 79.9. The molecule has 1 fully saturated rings. The average molecular weight is 322 g/mol. The Balaban J connectivity index is 2.17. The molecule has 0 atom stereocenters. The van der Waals surface area contributed by atoms with Gasteiger partial charge in [-0.15, -0.1) is 11.6 Å². The molecule has 1 heterocycles. The van der Waals surface area contributed by atoms with Crippen molar-refractivity contribution in [2.75, 3.05) is 19.1 Å². The van der Waals surface area contributed by atoms with E-state index >= 15 is 0 Å². The predicted molar refractivity (Wildman–Crippen MR) is 71.0 cm³/mol. The molecule has 1 saturated heterocycles. The molecule has 0 aliphatic carbocycles. The maximum absolute atomic E-state index is 13.3. The Morgan fingerprint density at radius 1 is 1.29 bits per heavy atom. The van der Waals surface area contributed by atoms with Gasteiger partial charge in [-0.25, -0.2) is 4.39 Å². The fraction of sp³-hybridized carbons (Fsp3) is 0.538. The van der Waals surface area contributed by atoms with Crippen LogP contribution in [-0.4, -0.2) is 19.1 Å². The van der Waals surface area contributed by atoms with Crippen molar-refractivity contribution in [3.63, 3.8) is 0 Å². The van der Waals surface area contributed by atoms with Crippen molar-refractivity contribution in [3.8, 4) is 0 Å². The van der Waals surface area contributed by atoms with Crippen LogP contribution in [0.5, 0.6) is 0 Å². The molecule has 0 amide bonds. The van der Waals surface area contributed by atoms with Crippen LogP contribution in [-0.2, 0) is 11.2 Å². The van der Waals surface area contributed by atoms with E-state index in [2.05, 4.69) is 15.9 Å². The van der Waals surface area contributed by atoms with Crippen LogP contribution in [0.4, 0.5) is 4.39 Å². The van der Waals surface area contributed by atoms with E-state index in [0.29, 0.717) is 5.88 Å². The van der Waals surface area contributed by atoms with E-state index in [9.17, 15) is 4.39 Å². The highest BCUT2D eigenvalue weighted by Gasteiger charge is 2.32. The molecule has 17 heavy (non-hydrogen) atoms. The van der Waals surface area contributed by atoms with Crippen molar-refractivity contribution >= 4 is 27.5 Å². The number of hydrogen-bond acceptors (Lipinski definition) is 1. The van der Waals surface area contributed by atoms with E-state index in [1.54, 1.807) is 6.07 Å². The maximum atomic E-state index is 13.3. The molecule has 0 N–H and O–H groups in total. The first-order chi connectivity index (χ1) is 8.13. The molecule has 4 heteroatoms. The van der Waals surface area contributed by atoms with E-state index in [-0.39, 0.29) is 11.2 Å². The smallest absolute Gasteiger partial charge is 0.124 e. The molecule has 0 radical (unpaired) electrons. The molecule has 94 valence electrons. The zero-order valence-corrected chi connectivity index (χ0v) is 11.9. The van der Waals surface area contributed by atoms with Crippen molar-refractivity contribution in [1.82, 2.24) is 0 Å². The van der Waals surface area contributed by atoms with Gasteiger partial charge in [-0.1, -0.05) is 15.9 Å². The maximum Gasteiger partial charge on any atom is 0.124 e. The predicted octanol–water partition coefficient (Wildman–Crippen LogP) is 4.17. The van der Waals surface area contributed by atoms with Gasteiger partial charge in [0.25, 0.3) is 0 Å². The van der Waals surface area contributed by atoms with E-state index in [4.69, 9.17) is 16.3 Å². The fourth-order valence-corrected chi connectivity index (χ4v) is 3.18. The topological polar surface area (TPSA) is 9.23 Å². The molecule has 1 aromatic rings. The van der Waals surface area contributed by atoms with Gasteiger partial charge < -0.3 is 4.74 Å². The molecule has 0 saturated carbocycles. The minimum atomic E-state index is -0.203. The Hall–Kier alpha value is -0.120. The lowest BCUT2D eigenvalue weighted by Crippen LogP contribution is -2.33. The van der Waals surface area contributed by atoms with E-state index in [1.807, 2.05) is 6.07 Å². The first-order valence-corrected chi connectivity index (χ1v) is 7.05. The number of benzene rings is 1. The minimum absolute atomic E-state index is 0.0625. The molecule has 1 aliphatic rings. The number of ether oxygens (including phenoxy) is 1. The largest absolute Gasteiger partial charge is 0.381 e. The lowest BCUT2D eigenvalue weighted by atomic mass is 9.77. The van der Waals surface area contributed by atoms with Gasteiger partial charge in [0.15, 0.2) is 0 Å². The Kier molecular flexibility index (Phi) is 4.45. The van der Waals surface area contributed by atoms with Gasteiger partial charge in [0.1, 0.15) is 5.82 Å². The SMILES string of the molecule is Fc1cc(Br)cc(CC2(CCl)CCOCC2)c1. The van der Waals surface area contributed by atoms with E-state index in [0.717, 1.165) is 42.5 Å². The quantitative estimate of drug-likeness (QED) is 0.759. The molecule has 1 nitrogen and oxygen atoms in total. The molecule has 0 unspecified atom stereocenters.